The van der Waals surface area contributed by atoms with Gasteiger partial charge in [-0.3, -0.25) is 4.79 Å². The van der Waals surface area contributed by atoms with Crippen LogP contribution in [0.5, 0.6) is 5.75 Å². The summed E-state index contributed by atoms with van der Waals surface area (Å²) in [5, 5.41) is 14.1. The van der Waals surface area contributed by atoms with Crippen molar-refractivity contribution in [2.45, 2.75) is 56.5 Å². The molecule has 2 aromatic rings. The van der Waals surface area contributed by atoms with E-state index in [1.807, 2.05) is 32.0 Å². The molecule has 1 amide bonds. The van der Waals surface area contributed by atoms with Gasteiger partial charge in [-0.25, -0.2) is 0 Å². The van der Waals surface area contributed by atoms with E-state index in [-0.39, 0.29) is 17.9 Å². The lowest BCUT2D eigenvalue weighted by Gasteiger charge is -2.52. The summed E-state index contributed by atoms with van der Waals surface area (Å²) in [4.78, 5) is 14.2. The first-order valence-electron chi connectivity index (χ1n) is 12.7. The van der Waals surface area contributed by atoms with Crippen LogP contribution in [0.15, 0.2) is 48.5 Å². The second kappa shape index (κ2) is 10.8. The lowest BCUT2D eigenvalue weighted by Crippen LogP contribution is -2.50. The Balaban J connectivity index is 1.55. The molecule has 2 aliphatic carbocycles. The van der Waals surface area contributed by atoms with Crippen molar-refractivity contribution >= 4 is 5.91 Å². The molecule has 0 heterocycles. The highest BCUT2D eigenvalue weighted by Crippen LogP contribution is 2.54. The minimum Gasteiger partial charge on any atom is -0.484 e. The highest BCUT2D eigenvalue weighted by Gasteiger charge is 2.51. The van der Waals surface area contributed by atoms with Crippen LogP contribution in [0.4, 0.5) is 0 Å². The fourth-order valence-corrected chi connectivity index (χ4v) is 6.01. The lowest BCUT2D eigenvalue weighted by atomic mass is 9.52. The Morgan fingerprint density at radius 1 is 1.20 bits per heavy atom. The number of carbonyl (C=O) groups is 1. The third-order valence-electron chi connectivity index (χ3n) is 7.70. The number of likely N-dealkylation sites (N-methyl/N-ethyl adjacent to an activating group) is 1. The largest absolute Gasteiger partial charge is 0.484 e. The number of hydrogen-bond acceptors (Lipinski definition) is 4. The van der Waals surface area contributed by atoms with E-state index in [1.165, 1.54) is 16.7 Å². The normalized spacial score (nSPS) is 25.1. The van der Waals surface area contributed by atoms with Gasteiger partial charge in [0.1, 0.15) is 11.4 Å². The van der Waals surface area contributed by atoms with Gasteiger partial charge in [-0.15, -0.1) is 5.92 Å². The number of fused-ring (bicyclic) bond motifs is 3. The molecular formula is C30H38N2O3. The van der Waals surface area contributed by atoms with Crippen molar-refractivity contribution in [1.82, 2.24) is 10.2 Å². The van der Waals surface area contributed by atoms with Crippen LogP contribution in [0.3, 0.4) is 0 Å². The van der Waals surface area contributed by atoms with E-state index in [2.05, 4.69) is 59.6 Å². The van der Waals surface area contributed by atoms with Crippen LogP contribution >= 0.6 is 0 Å². The van der Waals surface area contributed by atoms with Crippen molar-refractivity contribution < 1.29 is 14.6 Å². The van der Waals surface area contributed by atoms with Gasteiger partial charge >= 0.3 is 0 Å². The van der Waals surface area contributed by atoms with Gasteiger partial charge in [0.2, 0.25) is 0 Å². The topological polar surface area (TPSA) is 61.8 Å². The molecule has 2 aliphatic rings. The van der Waals surface area contributed by atoms with E-state index >= 15 is 0 Å². The Hall–Kier alpha value is -2.81. The smallest absolute Gasteiger partial charge is 0.257 e. The molecule has 3 atom stereocenters. The number of nitrogens with zero attached hydrogens (tertiary/aromatic N) is 1. The standard InChI is InChI=1S/C30H38N2O3/c1-4-14-29(34)15-16-30(20-23-8-6-5-7-9-23)25(21-29)11-10-24-19-26(12-13-27(24)30)35-22-28(33)31-17-18-32(2)3/h5-9,12-13,19,25,34H,10-11,15-18,20-22H2,1-3H3,(H,31,33)/t25-,29-,30+/m1/s1. The monoisotopic (exact) mass is 474 g/mol. The molecule has 2 aromatic carbocycles. The molecular weight excluding hydrogens is 436 g/mol. The average molecular weight is 475 g/mol. The summed E-state index contributed by atoms with van der Waals surface area (Å²) in [5.41, 5.74) is 3.08. The highest BCUT2D eigenvalue weighted by atomic mass is 16.5. The van der Waals surface area contributed by atoms with Crippen LogP contribution in [0.2, 0.25) is 0 Å². The summed E-state index contributed by atoms with van der Waals surface area (Å²) in [6, 6.07) is 17.0. The number of ether oxygens (including phenoxy) is 1. The molecule has 1 saturated carbocycles. The van der Waals surface area contributed by atoms with Gasteiger partial charge in [-0.2, -0.15) is 0 Å². The zero-order valence-electron chi connectivity index (χ0n) is 21.3. The van der Waals surface area contributed by atoms with Crippen molar-refractivity contribution in [3.63, 3.8) is 0 Å². The van der Waals surface area contributed by atoms with E-state index in [0.29, 0.717) is 25.3 Å². The van der Waals surface area contributed by atoms with E-state index in [1.54, 1.807) is 0 Å². The summed E-state index contributed by atoms with van der Waals surface area (Å²) >= 11 is 0. The molecule has 5 nitrogen and oxygen atoms in total. The molecule has 5 heteroatoms. The summed E-state index contributed by atoms with van der Waals surface area (Å²) < 4.78 is 5.86. The lowest BCUT2D eigenvalue weighted by molar-refractivity contribution is -0.123. The van der Waals surface area contributed by atoms with Gasteiger partial charge in [0.05, 0.1) is 0 Å². The van der Waals surface area contributed by atoms with Crippen molar-refractivity contribution in [3.05, 3.63) is 65.2 Å². The predicted octanol–water partition coefficient (Wildman–Crippen LogP) is 3.72. The van der Waals surface area contributed by atoms with Crippen molar-refractivity contribution in [1.29, 1.82) is 0 Å². The first-order chi connectivity index (χ1) is 16.8. The van der Waals surface area contributed by atoms with E-state index in [0.717, 1.165) is 38.0 Å². The van der Waals surface area contributed by atoms with Crippen LogP contribution in [0.1, 0.15) is 49.3 Å². The molecule has 0 aliphatic heterocycles. The summed E-state index contributed by atoms with van der Waals surface area (Å²) in [6.45, 7) is 3.24. The van der Waals surface area contributed by atoms with Crippen molar-refractivity contribution in [2.24, 2.45) is 5.92 Å². The number of carbonyl (C=O) groups excluding carboxylic acids is 1. The predicted molar refractivity (Wildman–Crippen MR) is 139 cm³/mol. The maximum atomic E-state index is 12.2. The number of rotatable bonds is 8. The fraction of sp³-hybridized carbons (Fsp3) is 0.500. The van der Waals surface area contributed by atoms with Gasteiger partial charge in [0, 0.05) is 18.5 Å². The SMILES string of the molecule is CC#C[C@@]1(O)CC[C@@]2(Cc3ccccc3)c3ccc(OCC(=O)NCCN(C)C)cc3CC[C@@H]2C1. The number of aryl methyl sites for hydroxylation is 1. The maximum Gasteiger partial charge on any atom is 0.257 e. The third kappa shape index (κ3) is 5.89. The third-order valence-corrected chi connectivity index (χ3v) is 7.70. The van der Waals surface area contributed by atoms with Crippen molar-refractivity contribution in [2.75, 3.05) is 33.8 Å². The molecule has 1 fully saturated rings. The van der Waals surface area contributed by atoms with Crippen LogP contribution in [-0.4, -0.2) is 55.3 Å². The van der Waals surface area contributed by atoms with Gasteiger partial charge in [0.15, 0.2) is 6.61 Å². The summed E-state index contributed by atoms with van der Waals surface area (Å²) in [7, 11) is 3.96. The first kappa shape index (κ1) is 25.3. The van der Waals surface area contributed by atoms with E-state index < -0.39 is 5.60 Å². The number of hydrogen-bond donors (Lipinski definition) is 2. The minimum absolute atomic E-state index is 0.0206. The van der Waals surface area contributed by atoms with Crippen LogP contribution in [0.25, 0.3) is 0 Å². The van der Waals surface area contributed by atoms with Gasteiger partial charge in [0.25, 0.3) is 5.91 Å². The molecule has 0 aromatic heterocycles. The maximum absolute atomic E-state index is 12.2. The summed E-state index contributed by atoms with van der Waals surface area (Å²) in [6.07, 6.45) is 5.21. The minimum atomic E-state index is -0.889. The molecule has 4 rings (SSSR count). The van der Waals surface area contributed by atoms with Gasteiger partial charge in [-0.05, 0) is 94.3 Å². The van der Waals surface area contributed by atoms with Crippen molar-refractivity contribution in [3.8, 4) is 17.6 Å². The first-order valence-corrected chi connectivity index (χ1v) is 12.7. The Morgan fingerprint density at radius 2 is 2.00 bits per heavy atom. The second-order valence-electron chi connectivity index (χ2n) is 10.4. The molecule has 186 valence electrons. The molecule has 0 spiro atoms. The Labute approximate surface area is 209 Å². The van der Waals surface area contributed by atoms with Gasteiger partial charge in [-0.1, -0.05) is 42.3 Å². The number of amides is 1. The molecule has 0 unspecified atom stereocenters. The Bertz CT molecular complexity index is 1090. The molecule has 0 saturated heterocycles. The van der Waals surface area contributed by atoms with E-state index in [4.69, 9.17) is 4.74 Å². The second-order valence-corrected chi connectivity index (χ2v) is 10.4. The average Bonchev–Trinajstić information content (AvgIpc) is 2.83. The quantitative estimate of drug-likeness (QED) is 0.573. The number of nitrogens with one attached hydrogen (secondary N) is 1. The van der Waals surface area contributed by atoms with Crippen LogP contribution in [0, 0.1) is 17.8 Å². The van der Waals surface area contributed by atoms with Gasteiger partial charge < -0.3 is 20.1 Å². The fourth-order valence-electron chi connectivity index (χ4n) is 6.01. The van der Waals surface area contributed by atoms with Crippen LogP contribution < -0.4 is 10.1 Å². The highest BCUT2D eigenvalue weighted by molar-refractivity contribution is 5.77. The van der Waals surface area contributed by atoms with Crippen LogP contribution in [-0.2, 0) is 23.1 Å². The Kier molecular flexibility index (Phi) is 7.84. The molecule has 35 heavy (non-hydrogen) atoms. The zero-order valence-corrected chi connectivity index (χ0v) is 21.3. The number of aliphatic hydroxyl groups is 1. The van der Waals surface area contributed by atoms with E-state index in [9.17, 15) is 9.90 Å². The molecule has 2 N–H and O–H groups in total. The Morgan fingerprint density at radius 3 is 2.74 bits per heavy atom. The zero-order chi connectivity index (χ0) is 24.9. The molecule has 0 radical (unpaired) electrons. The summed E-state index contributed by atoms with van der Waals surface area (Å²) in [5.74, 6) is 7.05. The molecule has 0 bridgehead atoms. The number of benzene rings is 2.